The first-order valence-electron chi connectivity index (χ1n) is 6.30. The quantitative estimate of drug-likeness (QED) is 0.607. The van der Waals surface area contributed by atoms with Gasteiger partial charge in [-0.1, -0.05) is 12.1 Å². The van der Waals surface area contributed by atoms with E-state index in [1.165, 1.54) is 11.3 Å². The highest BCUT2D eigenvalue weighted by molar-refractivity contribution is 14.1. The van der Waals surface area contributed by atoms with E-state index in [4.69, 9.17) is 4.74 Å². The predicted octanol–water partition coefficient (Wildman–Crippen LogP) is 4.11. The fraction of sp³-hybridized carbons (Fsp3) is 0.200. The summed E-state index contributed by atoms with van der Waals surface area (Å²) >= 11 is 3.46. The van der Waals surface area contributed by atoms with Crippen molar-refractivity contribution >= 4 is 44.9 Å². The fourth-order valence-electron chi connectivity index (χ4n) is 1.95. The maximum absolute atomic E-state index is 12.2. The number of ether oxygens (including phenoxy) is 1. The molecular formula is C15H13IN2O2S. The molecule has 0 aliphatic heterocycles. The van der Waals surface area contributed by atoms with Crippen molar-refractivity contribution in [3.63, 3.8) is 0 Å². The van der Waals surface area contributed by atoms with E-state index in [1.54, 1.807) is 14.0 Å². The summed E-state index contributed by atoms with van der Waals surface area (Å²) < 4.78 is 6.20. The molecule has 1 aromatic heterocycles. The minimum Gasteiger partial charge on any atom is -0.462 e. The molecule has 0 bridgehead atoms. The van der Waals surface area contributed by atoms with Crippen LogP contribution in [0.4, 0.5) is 5.00 Å². The lowest BCUT2D eigenvalue weighted by molar-refractivity contribution is 0.0533. The van der Waals surface area contributed by atoms with E-state index in [0.717, 1.165) is 9.13 Å². The second-order valence-electron chi connectivity index (χ2n) is 4.10. The molecule has 1 heterocycles. The van der Waals surface area contributed by atoms with Crippen molar-refractivity contribution in [3.8, 4) is 17.2 Å². The van der Waals surface area contributed by atoms with E-state index in [9.17, 15) is 10.1 Å². The number of halogens is 1. The van der Waals surface area contributed by atoms with Crippen LogP contribution in [-0.4, -0.2) is 19.6 Å². The zero-order chi connectivity index (χ0) is 15.4. The molecule has 0 saturated carbocycles. The van der Waals surface area contributed by atoms with Gasteiger partial charge in [-0.15, -0.1) is 11.3 Å². The Hall–Kier alpha value is -1.59. The number of nitriles is 1. The van der Waals surface area contributed by atoms with Crippen LogP contribution in [0.2, 0.25) is 0 Å². The van der Waals surface area contributed by atoms with Gasteiger partial charge in [0.2, 0.25) is 0 Å². The second kappa shape index (κ2) is 6.91. The minimum absolute atomic E-state index is 0.305. The largest absolute Gasteiger partial charge is 0.462 e. The van der Waals surface area contributed by atoms with Crippen molar-refractivity contribution in [1.82, 2.24) is 0 Å². The van der Waals surface area contributed by atoms with E-state index in [1.807, 2.05) is 24.3 Å². The first kappa shape index (κ1) is 15.8. The van der Waals surface area contributed by atoms with Gasteiger partial charge in [0.05, 0.1) is 12.2 Å². The fourth-order valence-corrected chi connectivity index (χ4v) is 3.33. The first-order chi connectivity index (χ1) is 10.1. The smallest absolute Gasteiger partial charge is 0.349 e. The van der Waals surface area contributed by atoms with Gasteiger partial charge in [0.1, 0.15) is 15.9 Å². The predicted molar refractivity (Wildman–Crippen MR) is 92.7 cm³/mol. The lowest BCUT2D eigenvalue weighted by Crippen LogP contribution is -2.04. The first-order valence-corrected chi connectivity index (χ1v) is 8.19. The third kappa shape index (κ3) is 3.19. The lowest BCUT2D eigenvalue weighted by atomic mass is 10.0. The molecule has 0 unspecified atom stereocenters. The average Bonchev–Trinajstić information content (AvgIpc) is 2.87. The van der Waals surface area contributed by atoms with E-state index < -0.39 is 5.97 Å². The van der Waals surface area contributed by atoms with Crippen LogP contribution in [0, 0.1) is 14.9 Å². The summed E-state index contributed by atoms with van der Waals surface area (Å²) in [5.41, 5.74) is 1.96. The number of anilines is 1. The van der Waals surface area contributed by atoms with Crippen LogP contribution in [-0.2, 0) is 4.74 Å². The van der Waals surface area contributed by atoms with Crippen molar-refractivity contribution in [2.24, 2.45) is 0 Å². The Labute approximate surface area is 140 Å². The zero-order valence-electron chi connectivity index (χ0n) is 11.6. The van der Waals surface area contributed by atoms with Crippen LogP contribution < -0.4 is 5.32 Å². The van der Waals surface area contributed by atoms with Crippen molar-refractivity contribution in [1.29, 1.82) is 5.26 Å². The third-order valence-electron chi connectivity index (χ3n) is 2.84. The van der Waals surface area contributed by atoms with Gasteiger partial charge in [0.15, 0.2) is 0 Å². The number of benzene rings is 1. The molecule has 108 valence electrons. The number of rotatable bonds is 4. The number of hydrogen-bond donors (Lipinski definition) is 1. The minimum atomic E-state index is -0.394. The Kier molecular flexibility index (Phi) is 5.20. The number of carbonyl (C=O) groups excluding carboxylic acids is 1. The van der Waals surface area contributed by atoms with Gasteiger partial charge in [-0.2, -0.15) is 5.26 Å². The van der Waals surface area contributed by atoms with Gasteiger partial charge in [-0.25, -0.2) is 4.79 Å². The SMILES string of the molecule is CCOC(=O)c1sc(NC)c(C#N)c1-c1ccc(I)cc1. The topological polar surface area (TPSA) is 62.1 Å². The molecule has 0 atom stereocenters. The highest BCUT2D eigenvalue weighted by Crippen LogP contribution is 2.40. The number of nitrogens with one attached hydrogen (secondary N) is 1. The normalized spacial score (nSPS) is 10.0. The van der Waals surface area contributed by atoms with Crippen molar-refractivity contribution in [2.45, 2.75) is 6.92 Å². The molecule has 2 aromatic rings. The highest BCUT2D eigenvalue weighted by Gasteiger charge is 2.24. The molecule has 1 aromatic carbocycles. The lowest BCUT2D eigenvalue weighted by Gasteiger charge is -2.05. The number of thiophene rings is 1. The van der Waals surface area contributed by atoms with Crippen LogP contribution in [0.1, 0.15) is 22.2 Å². The van der Waals surface area contributed by atoms with Gasteiger partial charge in [-0.05, 0) is 47.2 Å². The maximum Gasteiger partial charge on any atom is 0.349 e. The van der Waals surface area contributed by atoms with Crippen LogP contribution in [0.5, 0.6) is 0 Å². The molecule has 0 spiro atoms. The molecule has 0 radical (unpaired) electrons. The van der Waals surface area contributed by atoms with E-state index >= 15 is 0 Å². The second-order valence-corrected chi connectivity index (χ2v) is 6.37. The maximum atomic E-state index is 12.2. The molecule has 6 heteroatoms. The van der Waals surface area contributed by atoms with Gasteiger partial charge >= 0.3 is 5.97 Å². The van der Waals surface area contributed by atoms with E-state index in [-0.39, 0.29) is 0 Å². The van der Waals surface area contributed by atoms with Crippen molar-refractivity contribution in [2.75, 3.05) is 19.0 Å². The van der Waals surface area contributed by atoms with Crippen LogP contribution >= 0.6 is 33.9 Å². The van der Waals surface area contributed by atoms with Crippen LogP contribution in [0.3, 0.4) is 0 Å². The van der Waals surface area contributed by atoms with Gasteiger partial charge in [0, 0.05) is 16.2 Å². The standard InChI is InChI=1S/C15H13IN2O2S/c1-3-20-15(19)13-12(9-4-6-10(16)7-5-9)11(8-17)14(18-2)21-13/h4-7,18H,3H2,1-2H3. The molecule has 0 aliphatic carbocycles. The molecule has 21 heavy (non-hydrogen) atoms. The summed E-state index contributed by atoms with van der Waals surface area (Å²) in [6.07, 6.45) is 0. The summed E-state index contributed by atoms with van der Waals surface area (Å²) in [6.45, 7) is 2.07. The monoisotopic (exact) mass is 412 g/mol. The molecule has 1 N–H and O–H groups in total. The highest BCUT2D eigenvalue weighted by atomic mass is 127. The summed E-state index contributed by atoms with van der Waals surface area (Å²) in [5, 5.41) is 13.1. The van der Waals surface area contributed by atoms with Gasteiger partial charge in [-0.3, -0.25) is 0 Å². The third-order valence-corrected chi connectivity index (χ3v) is 4.75. The molecule has 0 aliphatic rings. The van der Waals surface area contributed by atoms with Crippen LogP contribution in [0.25, 0.3) is 11.1 Å². The van der Waals surface area contributed by atoms with Gasteiger partial charge < -0.3 is 10.1 Å². The van der Waals surface area contributed by atoms with E-state index in [2.05, 4.69) is 34.0 Å². The number of esters is 1. The molecule has 0 fully saturated rings. The Morgan fingerprint density at radius 2 is 2.10 bits per heavy atom. The molecule has 2 rings (SSSR count). The summed E-state index contributed by atoms with van der Waals surface area (Å²) in [4.78, 5) is 12.6. The Morgan fingerprint density at radius 1 is 1.43 bits per heavy atom. The molecule has 4 nitrogen and oxygen atoms in total. The molecule has 0 amide bonds. The van der Waals surface area contributed by atoms with Crippen LogP contribution in [0.15, 0.2) is 24.3 Å². The van der Waals surface area contributed by atoms with Crippen molar-refractivity contribution in [3.05, 3.63) is 38.3 Å². The number of carbonyl (C=O) groups is 1. The van der Waals surface area contributed by atoms with Crippen molar-refractivity contribution < 1.29 is 9.53 Å². The number of hydrogen-bond acceptors (Lipinski definition) is 5. The summed E-state index contributed by atoms with van der Waals surface area (Å²) in [7, 11) is 1.74. The number of nitrogens with zero attached hydrogens (tertiary/aromatic N) is 1. The summed E-state index contributed by atoms with van der Waals surface area (Å²) in [5.74, 6) is -0.394. The zero-order valence-corrected chi connectivity index (χ0v) is 14.5. The Morgan fingerprint density at radius 3 is 2.62 bits per heavy atom. The van der Waals surface area contributed by atoms with Gasteiger partial charge in [0.25, 0.3) is 0 Å². The molecule has 0 saturated heterocycles. The summed E-state index contributed by atoms with van der Waals surface area (Å²) in [6, 6.07) is 9.90. The molecular weight excluding hydrogens is 399 g/mol. The average molecular weight is 412 g/mol. The Bertz CT molecular complexity index is 702. The van der Waals surface area contributed by atoms with E-state index in [0.29, 0.717) is 27.6 Å². The Balaban J connectivity index is 2.66.